The lowest BCUT2D eigenvalue weighted by Gasteiger charge is -2.28. The van der Waals surface area contributed by atoms with Gasteiger partial charge in [0.2, 0.25) is 0 Å². The molecule has 0 saturated carbocycles. The van der Waals surface area contributed by atoms with Crippen LogP contribution in [0.25, 0.3) is 15.9 Å². The molecular weight excluding hydrogens is 548 g/mol. The summed E-state index contributed by atoms with van der Waals surface area (Å²) in [5.74, 6) is -1.71. The second kappa shape index (κ2) is 11.7. The van der Waals surface area contributed by atoms with Gasteiger partial charge in [-0.05, 0) is 69.4 Å². The Bertz CT molecular complexity index is 1630. The number of aromatic nitrogens is 1. The fraction of sp³-hybridized carbons (Fsp3) is 0.355. The molecule has 2 saturated heterocycles. The lowest BCUT2D eigenvalue weighted by molar-refractivity contribution is -0.168. The van der Waals surface area contributed by atoms with E-state index in [0.717, 1.165) is 49.8 Å². The molecule has 2 aromatic carbocycles. The van der Waals surface area contributed by atoms with E-state index in [-0.39, 0.29) is 29.5 Å². The summed E-state index contributed by atoms with van der Waals surface area (Å²) in [6.07, 6.45) is 4.29. The van der Waals surface area contributed by atoms with E-state index in [2.05, 4.69) is 5.32 Å². The van der Waals surface area contributed by atoms with Crippen molar-refractivity contribution in [1.29, 1.82) is 0 Å². The fourth-order valence-corrected chi connectivity index (χ4v) is 6.72. The van der Waals surface area contributed by atoms with Crippen LogP contribution >= 0.6 is 11.3 Å². The number of hydrogen-bond donors (Lipinski definition) is 1. The molecule has 214 valence electrons. The van der Waals surface area contributed by atoms with Gasteiger partial charge in [-0.25, -0.2) is 8.78 Å². The Morgan fingerprint density at radius 1 is 1.07 bits per heavy atom. The highest BCUT2D eigenvalue weighted by Gasteiger charge is 2.34. The first-order valence-corrected chi connectivity index (χ1v) is 14.7. The summed E-state index contributed by atoms with van der Waals surface area (Å²) in [4.78, 5) is 30.0. The van der Waals surface area contributed by atoms with Gasteiger partial charge in [0, 0.05) is 30.7 Å². The monoisotopic (exact) mass is 579 g/mol. The van der Waals surface area contributed by atoms with Crippen molar-refractivity contribution in [1.82, 2.24) is 9.47 Å². The normalized spacial score (nSPS) is 19.1. The van der Waals surface area contributed by atoms with E-state index in [4.69, 9.17) is 9.47 Å². The Balaban J connectivity index is 1.41. The second-order valence-electron chi connectivity index (χ2n) is 10.5. The van der Waals surface area contributed by atoms with Gasteiger partial charge in [-0.1, -0.05) is 17.7 Å². The largest absolute Gasteiger partial charge is 0.353 e. The topological polar surface area (TPSA) is 72.8 Å². The van der Waals surface area contributed by atoms with E-state index >= 15 is 0 Å². The first kappa shape index (κ1) is 27.6. The van der Waals surface area contributed by atoms with Gasteiger partial charge in [-0.15, -0.1) is 11.3 Å². The third-order valence-electron chi connectivity index (χ3n) is 7.67. The highest BCUT2D eigenvalue weighted by Crippen LogP contribution is 2.40. The summed E-state index contributed by atoms with van der Waals surface area (Å²) >= 11 is 1.18. The van der Waals surface area contributed by atoms with E-state index in [1.54, 1.807) is 15.5 Å². The molecule has 1 unspecified atom stereocenters. The summed E-state index contributed by atoms with van der Waals surface area (Å²) < 4.78 is 41.8. The van der Waals surface area contributed by atoms with Crippen molar-refractivity contribution in [3.63, 3.8) is 0 Å². The van der Waals surface area contributed by atoms with Crippen molar-refractivity contribution in [2.24, 2.45) is 0 Å². The van der Waals surface area contributed by atoms with Crippen molar-refractivity contribution in [3.8, 4) is 5.69 Å². The van der Waals surface area contributed by atoms with Crippen LogP contribution in [0.1, 0.15) is 47.3 Å². The van der Waals surface area contributed by atoms with E-state index < -0.39 is 11.6 Å². The molecule has 6 rings (SSSR count). The smallest absolute Gasteiger partial charge is 0.266 e. The van der Waals surface area contributed by atoms with Gasteiger partial charge in [-0.3, -0.25) is 14.2 Å². The number of likely N-dealkylation sites (tertiary alicyclic amines) is 1. The molecule has 1 amide bonds. The lowest BCUT2D eigenvalue weighted by Crippen LogP contribution is -2.39. The maximum Gasteiger partial charge on any atom is 0.266 e. The quantitative estimate of drug-likeness (QED) is 0.270. The van der Waals surface area contributed by atoms with Crippen LogP contribution in [0, 0.1) is 18.6 Å². The third kappa shape index (κ3) is 5.64. The number of carbonyl (C=O) groups excluding carboxylic acids is 1. The number of carbonyl (C=O) groups is 1. The van der Waals surface area contributed by atoms with Gasteiger partial charge in [0.1, 0.15) is 21.3 Å². The number of fused-ring (bicyclic) bond motifs is 1. The van der Waals surface area contributed by atoms with Crippen molar-refractivity contribution in [3.05, 3.63) is 87.0 Å². The molecule has 41 heavy (non-hydrogen) atoms. The number of anilines is 2. The van der Waals surface area contributed by atoms with Crippen molar-refractivity contribution in [2.45, 2.75) is 51.4 Å². The minimum atomic E-state index is -0.783. The number of rotatable bonds is 7. The highest BCUT2D eigenvalue weighted by atomic mass is 32.1. The summed E-state index contributed by atoms with van der Waals surface area (Å²) in [6, 6.07) is 13.7. The van der Waals surface area contributed by atoms with Crippen molar-refractivity contribution in [2.75, 3.05) is 25.1 Å². The first-order valence-electron chi connectivity index (χ1n) is 13.9. The molecule has 2 aliphatic heterocycles. The van der Waals surface area contributed by atoms with Gasteiger partial charge in [0.25, 0.3) is 11.5 Å². The standard InChI is InChI=1S/C31H31F2N3O4S/c1-19-7-10-21(11-8-19)36-26(37)14-12-23-28(34-25-13-9-20(32)17-24(25)33)29(41-31(23)36)30(38)35-15-4-5-22(35)18-40-27-6-2-3-16-39-27/h7-14,17,22,27,34H,2-6,15-16,18H2,1H3/t22-,27?/m1/s1. The van der Waals surface area contributed by atoms with Crippen LogP contribution < -0.4 is 10.9 Å². The van der Waals surface area contributed by atoms with Crippen LogP contribution in [0.5, 0.6) is 0 Å². The number of nitrogens with one attached hydrogen (secondary N) is 1. The number of pyridine rings is 1. The van der Waals surface area contributed by atoms with Crippen LogP contribution in [0.4, 0.5) is 20.2 Å². The van der Waals surface area contributed by atoms with Gasteiger partial charge in [0.15, 0.2) is 6.29 Å². The minimum absolute atomic E-state index is 0.0315. The van der Waals surface area contributed by atoms with E-state index in [1.165, 1.54) is 23.5 Å². The number of thiophene rings is 1. The fourth-order valence-electron chi connectivity index (χ4n) is 5.49. The SMILES string of the molecule is Cc1ccc(-n2c(=O)ccc3c(Nc4ccc(F)cc4F)c(C(=O)N4CCC[C@@H]4COC4CCCCO4)sc32)cc1. The van der Waals surface area contributed by atoms with Crippen molar-refractivity contribution < 1.29 is 23.0 Å². The third-order valence-corrected chi connectivity index (χ3v) is 8.85. The van der Waals surface area contributed by atoms with Crippen LogP contribution in [-0.4, -0.2) is 47.5 Å². The van der Waals surface area contributed by atoms with E-state index in [9.17, 15) is 18.4 Å². The molecule has 0 spiro atoms. The van der Waals surface area contributed by atoms with Gasteiger partial charge in [0.05, 0.1) is 29.7 Å². The maximum absolute atomic E-state index is 14.8. The zero-order chi connectivity index (χ0) is 28.5. The molecule has 2 aliphatic rings. The van der Waals surface area contributed by atoms with Crippen LogP contribution in [-0.2, 0) is 9.47 Å². The number of benzene rings is 2. The number of nitrogens with zero attached hydrogens (tertiary/aromatic N) is 2. The summed E-state index contributed by atoms with van der Waals surface area (Å²) in [5.41, 5.74) is 1.87. The van der Waals surface area contributed by atoms with Crippen LogP contribution in [0.3, 0.4) is 0 Å². The van der Waals surface area contributed by atoms with Gasteiger partial charge < -0.3 is 19.7 Å². The average Bonchev–Trinajstić information content (AvgIpc) is 3.59. The molecule has 4 aromatic rings. The van der Waals surface area contributed by atoms with E-state index in [0.29, 0.717) is 46.2 Å². The summed E-state index contributed by atoms with van der Waals surface area (Å²) in [6.45, 7) is 3.56. The molecular formula is C31H31F2N3O4S. The number of halogens is 2. The molecule has 1 N–H and O–H groups in total. The van der Waals surface area contributed by atoms with Crippen LogP contribution in [0.15, 0.2) is 59.4 Å². The molecule has 7 nitrogen and oxygen atoms in total. The minimum Gasteiger partial charge on any atom is -0.353 e. The Hall–Kier alpha value is -3.60. The molecule has 0 aliphatic carbocycles. The average molecular weight is 580 g/mol. The molecule has 4 heterocycles. The number of ether oxygens (including phenoxy) is 2. The highest BCUT2D eigenvalue weighted by molar-refractivity contribution is 7.21. The van der Waals surface area contributed by atoms with Gasteiger partial charge in [-0.2, -0.15) is 0 Å². The summed E-state index contributed by atoms with van der Waals surface area (Å²) in [5, 5.41) is 3.64. The predicted molar refractivity (Wildman–Crippen MR) is 155 cm³/mol. The molecule has 0 radical (unpaired) electrons. The molecule has 0 bridgehead atoms. The second-order valence-corrected chi connectivity index (χ2v) is 11.5. The molecule has 10 heteroatoms. The number of aryl methyl sites for hydroxylation is 1. The molecule has 2 atom stereocenters. The van der Waals surface area contributed by atoms with Crippen molar-refractivity contribution >= 4 is 38.8 Å². The Morgan fingerprint density at radius 3 is 2.66 bits per heavy atom. The van der Waals surface area contributed by atoms with Gasteiger partial charge >= 0.3 is 0 Å². The number of amides is 1. The van der Waals surface area contributed by atoms with E-state index in [1.807, 2.05) is 31.2 Å². The Labute approximate surface area is 240 Å². The predicted octanol–water partition coefficient (Wildman–Crippen LogP) is 6.53. The Morgan fingerprint density at radius 2 is 1.90 bits per heavy atom. The zero-order valence-corrected chi connectivity index (χ0v) is 23.5. The summed E-state index contributed by atoms with van der Waals surface area (Å²) in [7, 11) is 0. The maximum atomic E-state index is 14.8. The Kier molecular flexibility index (Phi) is 7.88. The zero-order valence-electron chi connectivity index (χ0n) is 22.7. The molecule has 2 fully saturated rings. The lowest BCUT2D eigenvalue weighted by atomic mass is 10.2. The molecule has 2 aromatic heterocycles. The number of hydrogen-bond acceptors (Lipinski definition) is 6. The van der Waals surface area contributed by atoms with Crippen LogP contribution in [0.2, 0.25) is 0 Å². The first-order chi connectivity index (χ1) is 19.9.